The highest BCUT2D eigenvalue weighted by Gasteiger charge is 2.38. The molecule has 4 rings (SSSR count). The van der Waals surface area contributed by atoms with Gasteiger partial charge in [0.2, 0.25) is 5.91 Å². The minimum atomic E-state index is -0.403. The molecule has 2 unspecified atom stereocenters. The number of phenols is 1. The van der Waals surface area contributed by atoms with Crippen LogP contribution in [0, 0.1) is 0 Å². The fourth-order valence-corrected chi connectivity index (χ4v) is 4.38. The summed E-state index contributed by atoms with van der Waals surface area (Å²) < 4.78 is 5.19. The zero-order chi connectivity index (χ0) is 19.8. The van der Waals surface area contributed by atoms with Crippen LogP contribution >= 0.6 is 11.6 Å². The average Bonchev–Trinajstić information content (AvgIpc) is 2.69. The fraction of sp³-hybridized carbons (Fsp3) is 0.273. The highest BCUT2D eigenvalue weighted by Crippen LogP contribution is 2.45. The first-order chi connectivity index (χ1) is 13.5. The number of nitrogens with one attached hydrogen (secondary N) is 1. The van der Waals surface area contributed by atoms with E-state index >= 15 is 0 Å². The predicted octanol–water partition coefficient (Wildman–Crippen LogP) is 4.06. The van der Waals surface area contributed by atoms with Gasteiger partial charge in [0, 0.05) is 30.0 Å². The first kappa shape index (κ1) is 18.6. The monoisotopic (exact) mass is 397 g/mol. The van der Waals surface area contributed by atoms with Gasteiger partial charge in [0.05, 0.1) is 12.1 Å². The van der Waals surface area contributed by atoms with Gasteiger partial charge in [0.15, 0.2) is 17.3 Å². The molecule has 144 valence electrons. The number of aromatic hydroxyl groups is 1. The maximum Gasteiger partial charge on any atom is 0.225 e. The third kappa shape index (κ3) is 3.27. The van der Waals surface area contributed by atoms with Crippen molar-refractivity contribution in [2.75, 3.05) is 7.11 Å². The minimum Gasteiger partial charge on any atom is -0.503 e. The van der Waals surface area contributed by atoms with Gasteiger partial charge in [-0.25, -0.2) is 0 Å². The summed E-state index contributed by atoms with van der Waals surface area (Å²) in [6.45, 7) is 0. The summed E-state index contributed by atoms with van der Waals surface area (Å²) in [5, 5.41) is 13.0. The van der Waals surface area contributed by atoms with Crippen LogP contribution in [0.1, 0.15) is 42.2 Å². The van der Waals surface area contributed by atoms with Gasteiger partial charge in [0.1, 0.15) is 0 Å². The number of hydrogen-bond donors (Lipinski definition) is 2. The lowest BCUT2D eigenvalue weighted by molar-refractivity contribution is -0.122. The average molecular weight is 398 g/mol. The van der Waals surface area contributed by atoms with Gasteiger partial charge < -0.3 is 15.2 Å². The van der Waals surface area contributed by atoms with Crippen molar-refractivity contribution in [3.8, 4) is 11.5 Å². The van der Waals surface area contributed by atoms with Crippen molar-refractivity contribution in [3.05, 3.63) is 69.9 Å². The summed E-state index contributed by atoms with van der Waals surface area (Å²) in [4.78, 5) is 25.5. The Morgan fingerprint density at radius 3 is 2.54 bits per heavy atom. The normalized spacial score (nSPS) is 21.9. The number of amides is 1. The predicted molar refractivity (Wildman–Crippen MR) is 106 cm³/mol. The molecule has 0 saturated heterocycles. The Morgan fingerprint density at radius 1 is 1.07 bits per heavy atom. The molecule has 0 spiro atoms. The molecule has 2 atom stereocenters. The zero-order valence-corrected chi connectivity index (χ0v) is 16.1. The van der Waals surface area contributed by atoms with Gasteiger partial charge in [-0.05, 0) is 35.6 Å². The first-order valence-corrected chi connectivity index (χ1v) is 9.53. The van der Waals surface area contributed by atoms with Crippen LogP contribution < -0.4 is 10.1 Å². The molecule has 2 N–H and O–H groups in total. The van der Waals surface area contributed by atoms with Gasteiger partial charge in [-0.3, -0.25) is 9.59 Å². The van der Waals surface area contributed by atoms with E-state index in [0.29, 0.717) is 29.7 Å². The lowest BCUT2D eigenvalue weighted by Crippen LogP contribution is -2.38. The van der Waals surface area contributed by atoms with E-state index in [0.717, 1.165) is 5.56 Å². The number of hydrogen-bond acceptors (Lipinski definition) is 4. The van der Waals surface area contributed by atoms with Crippen molar-refractivity contribution in [2.24, 2.45) is 0 Å². The topological polar surface area (TPSA) is 75.6 Å². The molecule has 6 heteroatoms. The smallest absolute Gasteiger partial charge is 0.225 e. The minimum absolute atomic E-state index is 0.0308. The Morgan fingerprint density at radius 2 is 1.82 bits per heavy atom. The summed E-state index contributed by atoms with van der Waals surface area (Å²) in [5.41, 5.74) is 3.10. The van der Waals surface area contributed by atoms with Crippen molar-refractivity contribution in [2.45, 2.75) is 31.1 Å². The van der Waals surface area contributed by atoms with Gasteiger partial charge in [-0.1, -0.05) is 41.9 Å². The number of ketones is 1. The van der Waals surface area contributed by atoms with Crippen LogP contribution in [0.5, 0.6) is 11.5 Å². The number of methoxy groups -OCH3 is 1. The highest BCUT2D eigenvalue weighted by atomic mass is 35.5. The summed E-state index contributed by atoms with van der Waals surface area (Å²) in [5.74, 6) is -0.386. The lowest BCUT2D eigenvalue weighted by Gasteiger charge is -2.34. The number of ether oxygens (including phenoxy) is 1. The van der Waals surface area contributed by atoms with Crippen molar-refractivity contribution < 1.29 is 19.4 Å². The van der Waals surface area contributed by atoms with E-state index in [1.54, 1.807) is 12.1 Å². The van der Waals surface area contributed by atoms with Crippen LogP contribution in [0.3, 0.4) is 0 Å². The maximum atomic E-state index is 13.1. The second-order valence-electron chi connectivity index (χ2n) is 7.19. The van der Waals surface area contributed by atoms with E-state index in [9.17, 15) is 14.7 Å². The maximum absolute atomic E-state index is 13.1. The van der Waals surface area contributed by atoms with Crippen LogP contribution in [0.25, 0.3) is 0 Å². The third-order valence-electron chi connectivity index (χ3n) is 5.48. The van der Waals surface area contributed by atoms with E-state index in [1.165, 1.54) is 7.11 Å². The SMILES string of the molecule is COc1cc(C2CC(=O)NC3=C2C(=O)CC(c2ccccc2)C3)cc(Cl)c1O. The number of benzene rings is 2. The molecule has 0 aromatic heterocycles. The van der Waals surface area contributed by atoms with Crippen LogP contribution in [0.15, 0.2) is 53.7 Å². The molecule has 0 bridgehead atoms. The van der Waals surface area contributed by atoms with Gasteiger partial charge in [-0.2, -0.15) is 0 Å². The summed E-state index contributed by atoms with van der Waals surface area (Å²) in [7, 11) is 1.43. The second kappa shape index (κ2) is 7.32. The molecule has 5 nitrogen and oxygen atoms in total. The Kier molecular flexibility index (Phi) is 4.85. The van der Waals surface area contributed by atoms with E-state index in [2.05, 4.69) is 5.32 Å². The molecule has 0 fully saturated rings. The van der Waals surface area contributed by atoms with Crippen LogP contribution in [-0.2, 0) is 9.59 Å². The molecular weight excluding hydrogens is 378 g/mol. The number of carbonyl (C=O) groups excluding carboxylic acids is 2. The number of allylic oxidation sites excluding steroid dienone is 2. The summed E-state index contributed by atoms with van der Waals surface area (Å²) >= 11 is 6.14. The first-order valence-electron chi connectivity index (χ1n) is 9.15. The number of Topliss-reactive ketones (excluding diaryl/α,β-unsaturated/α-hetero) is 1. The molecule has 28 heavy (non-hydrogen) atoms. The summed E-state index contributed by atoms with van der Waals surface area (Å²) in [6, 6.07) is 13.1. The Labute approximate surface area is 168 Å². The molecular formula is C22H20ClNO4. The number of halogens is 1. The second-order valence-corrected chi connectivity index (χ2v) is 7.60. The molecule has 1 aliphatic carbocycles. The van der Waals surface area contributed by atoms with Crippen LogP contribution in [0.2, 0.25) is 5.02 Å². The van der Waals surface area contributed by atoms with E-state index < -0.39 is 5.92 Å². The zero-order valence-electron chi connectivity index (χ0n) is 15.4. The summed E-state index contributed by atoms with van der Waals surface area (Å²) in [6.07, 6.45) is 1.17. The van der Waals surface area contributed by atoms with Crippen molar-refractivity contribution >= 4 is 23.3 Å². The Hall–Kier alpha value is -2.79. The van der Waals surface area contributed by atoms with Crippen LogP contribution in [-0.4, -0.2) is 23.9 Å². The molecule has 2 aliphatic rings. The van der Waals surface area contributed by atoms with Crippen molar-refractivity contribution in [1.82, 2.24) is 5.32 Å². The fourth-order valence-electron chi connectivity index (χ4n) is 4.16. The van der Waals surface area contributed by atoms with Crippen molar-refractivity contribution in [3.63, 3.8) is 0 Å². The quantitative estimate of drug-likeness (QED) is 0.819. The molecule has 1 amide bonds. The number of carbonyl (C=O) groups is 2. The van der Waals surface area contributed by atoms with E-state index in [4.69, 9.17) is 16.3 Å². The Bertz CT molecular complexity index is 984. The molecule has 0 saturated carbocycles. The van der Waals surface area contributed by atoms with Gasteiger partial charge in [-0.15, -0.1) is 0 Å². The number of rotatable bonds is 3. The van der Waals surface area contributed by atoms with Crippen molar-refractivity contribution in [1.29, 1.82) is 0 Å². The Balaban J connectivity index is 1.75. The van der Waals surface area contributed by atoms with Gasteiger partial charge >= 0.3 is 0 Å². The third-order valence-corrected chi connectivity index (χ3v) is 5.77. The molecule has 2 aromatic carbocycles. The highest BCUT2D eigenvalue weighted by molar-refractivity contribution is 6.32. The van der Waals surface area contributed by atoms with Gasteiger partial charge in [0.25, 0.3) is 0 Å². The lowest BCUT2D eigenvalue weighted by atomic mass is 9.73. The molecule has 1 heterocycles. The number of phenolic OH excluding ortho intramolecular Hbond substituents is 1. The van der Waals surface area contributed by atoms with E-state index in [-0.39, 0.29) is 40.6 Å². The molecule has 0 radical (unpaired) electrons. The van der Waals surface area contributed by atoms with Crippen LogP contribution in [0.4, 0.5) is 0 Å². The molecule has 2 aromatic rings. The largest absolute Gasteiger partial charge is 0.503 e. The standard InChI is InChI=1S/C22H20ClNO4/c1-28-19-10-14(7-16(23)22(19)27)15-11-20(26)24-17-8-13(9-18(25)21(15)17)12-5-3-2-4-6-12/h2-7,10,13,15,27H,8-9,11H2,1H3,(H,24,26). The van der Waals surface area contributed by atoms with E-state index in [1.807, 2.05) is 30.3 Å². The molecule has 1 aliphatic heterocycles.